The quantitative estimate of drug-likeness (QED) is 0.888. The third-order valence-corrected chi connectivity index (χ3v) is 3.81. The highest BCUT2D eigenvalue weighted by atomic mass is 16.2. The van der Waals surface area contributed by atoms with Crippen molar-refractivity contribution in [3.8, 4) is 0 Å². The number of hydrogen-bond donors (Lipinski definition) is 1. The van der Waals surface area contributed by atoms with Gasteiger partial charge in [0.2, 0.25) is 11.8 Å². The van der Waals surface area contributed by atoms with Gasteiger partial charge in [0.1, 0.15) is 6.04 Å². The minimum atomic E-state index is -0.293. The van der Waals surface area contributed by atoms with E-state index >= 15 is 0 Å². The zero-order valence-electron chi connectivity index (χ0n) is 10.8. The van der Waals surface area contributed by atoms with E-state index in [4.69, 9.17) is 0 Å². The molecule has 1 aliphatic heterocycles. The second-order valence-corrected chi connectivity index (χ2v) is 5.38. The first-order chi connectivity index (χ1) is 9.24. The molecule has 19 heavy (non-hydrogen) atoms. The first-order valence-corrected chi connectivity index (χ1v) is 6.86. The molecule has 3 rings (SSSR count). The molecule has 2 amide bonds. The summed E-state index contributed by atoms with van der Waals surface area (Å²) in [5.41, 5.74) is 1.11. The van der Waals surface area contributed by atoms with E-state index in [9.17, 15) is 9.59 Å². The molecular weight excluding hydrogens is 240 g/mol. The summed E-state index contributed by atoms with van der Waals surface area (Å²) < 4.78 is 0. The normalized spacial score (nSPS) is 24.0. The zero-order valence-corrected chi connectivity index (χ0v) is 10.8. The Labute approximate surface area is 112 Å². The summed E-state index contributed by atoms with van der Waals surface area (Å²) in [4.78, 5) is 26.0. The molecular formula is C15H18N2O2. The smallest absolute Gasteiger partial charge is 0.245 e. The molecule has 1 atom stereocenters. The summed E-state index contributed by atoms with van der Waals surface area (Å²) in [7, 11) is 0. The highest BCUT2D eigenvalue weighted by Gasteiger charge is 2.40. The van der Waals surface area contributed by atoms with E-state index in [1.807, 2.05) is 35.2 Å². The number of nitrogens with one attached hydrogen (secondary N) is 1. The van der Waals surface area contributed by atoms with Gasteiger partial charge in [-0.1, -0.05) is 30.3 Å². The number of nitrogens with zero attached hydrogens (tertiary/aromatic N) is 1. The molecule has 4 nitrogen and oxygen atoms in total. The Hall–Kier alpha value is -1.84. The van der Waals surface area contributed by atoms with E-state index in [1.165, 1.54) is 0 Å². The van der Waals surface area contributed by atoms with E-state index < -0.39 is 0 Å². The maximum atomic E-state index is 12.5. The molecule has 4 heteroatoms. The van der Waals surface area contributed by atoms with Crippen LogP contribution in [0.2, 0.25) is 0 Å². The van der Waals surface area contributed by atoms with Gasteiger partial charge in [0.25, 0.3) is 0 Å². The summed E-state index contributed by atoms with van der Waals surface area (Å²) in [6, 6.07) is 9.64. The standard InChI is InChI=1S/C15H18N2O2/c18-13-8-9-17(10-11-4-2-1-3-5-11)15(19)14(16-13)12-6-7-12/h1-5,12,14H,6-10H2,(H,16,18). The van der Waals surface area contributed by atoms with E-state index in [0.29, 0.717) is 25.4 Å². The van der Waals surface area contributed by atoms with Gasteiger partial charge in [-0.25, -0.2) is 0 Å². The molecule has 1 saturated heterocycles. The number of carbonyl (C=O) groups excluding carboxylic acids is 2. The van der Waals surface area contributed by atoms with Crippen molar-refractivity contribution in [2.75, 3.05) is 6.54 Å². The van der Waals surface area contributed by atoms with Crippen molar-refractivity contribution in [1.82, 2.24) is 10.2 Å². The van der Waals surface area contributed by atoms with Gasteiger partial charge >= 0.3 is 0 Å². The molecule has 100 valence electrons. The summed E-state index contributed by atoms with van der Waals surface area (Å²) in [5, 5.41) is 2.88. The molecule has 2 fully saturated rings. The van der Waals surface area contributed by atoms with Crippen LogP contribution in [0.3, 0.4) is 0 Å². The predicted molar refractivity (Wildman–Crippen MR) is 71.1 cm³/mol. The summed E-state index contributed by atoms with van der Waals surface area (Å²) in [5.74, 6) is 0.436. The lowest BCUT2D eigenvalue weighted by atomic mass is 10.1. The van der Waals surface area contributed by atoms with Gasteiger partial charge < -0.3 is 10.2 Å². The fourth-order valence-corrected chi connectivity index (χ4v) is 2.56. The van der Waals surface area contributed by atoms with E-state index in [2.05, 4.69) is 5.32 Å². The molecule has 1 aliphatic carbocycles. The number of amides is 2. The molecule has 0 aromatic heterocycles. The van der Waals surface area contributed by atoms with Gasteiger partial charge in [0.15, 0.2) is 0 Å². The minimum absolute atomic E-state index is 0.000752. The highest BCUT2D eigenvalue weighted by Crippen LogP contribution is 2.34. The topological polar surface area (TPSA) is 49.4 Å². The Balaban J connectivity index is 1.75. The Morgan fingerprint density at radius 1 is 1.16 bits per heavy atom. The monoisotopic (exact) mass is 258 g/mol. The fourth-order valence-electron chi connectivity index (χ4n) is 2.56. The Morgan fingerprint density at radius 3 is 2.58 bits per heavy atom. The average molecular weight is 258 g/mol. The van der Waals surface area contributed by atoms with Crippen molar-refractivity contribution in [3.05, 3.63) is 35.9 Å². The number of hydrogen-bond acceptors (Lipinski definition) is 2. The molecule has 2 aliphatic rings. The number of rotatable bonds is 3. The van der Waals surface area contributed by atoms with Crippen LogP contribution < -0.4 is 5.32 Å². The molecule has 1 aromatic rings. The molecule has 0 spiro atoms. The van der Waals surface area contributed by atoms with Gasteiger partial charge in [-0.3, -0.25) is 9.59 Å². The molecule has 0 radical (unpaired) electrons. The Bertz CT molecular complexity index is 482. The third kappa shape index (κ3) is 2.78. The molecule has 1 unspecified atom stereocenters. The predicted octanol–water partition coefficient (Wildman–Crippen LogP) is 1.31. The van der Waals surface area contributed by atoms with Crippen molar-refractivity contribution >= 4 is 11.8 Å². The first kappa shape index (κ1) is 12.2. The minimum Gasteiger partial charge on any atom is -0.344 e. The number of benzene rings is 1. The van der Waals surface area contributed by atoms with Gasteiger partial charge in [-0.15, -0.1) is 0 Å². The van der Waals surface area contributed by atoms with Crippen LogP contribution in [-0.4, -0.2) is 29.3 Å². The zero-order chi connectivity index (χ0) is 13.2. The molecule has 1 saturated carbocycles. The van der Waals surface area contributed by atoms with Crippen molar-refractivity contribution in [3.63, 3.8) is 0 Å². The maximum Gasteiger partial charge on any atom is 0.245 e. The molecule has 1 aromatic carbocycles. The van der Waals surface area contributed by atoms with Crippen LogP contribution in [0.4, 0.5) is 0 Å². The van der Waals surface area contributed by atoms with Gasteiger partial charge in [0.05, 0.1) is 0 Å². The summed E-state index contributed by atoms with van der Waals surface area (Å²) in [6.45, 7) is 1.11. The van der Waals surface area contributed by atoms with E-state index in [1.54, 1.807) is 0 Å². The van der Waals surface area contributed by atoms with Crippen LogP contribution in [0, 0.1) is 5.92 Å². The van der Waals surface area contributed by atoms with Crippen LogP contribution in [0.25, 0.3) is 0 Å². The van der Waals surface area contributed by atoms with Crippen LogP contribution in [0.1, 0.15) is 24.8 Å². The van der Waals surface area contributed by atoms with Gasteiger partial charge in [-0.2, -0.15) is 0 Å². The van der Waals surface area contributed by atoms with Crippen LogP contribution in [0.5, 0.6) is 0 Å². The second-order valence-electron chi connectivity index (χ2n) is 5.38. The Morgan fingerprint density at radius 2 is 1.89 bits per heavy atom. The van der Waals surface area contributed by atoms with Gasteiger partial charge in [-0.05, 0) is 24.3 Å². The van der Waals surface area contributed by atoms with Crippen molar-refractivity contribution in [2.24, 2.45) is 5.92 Å². The first-order valence-electron chi connectivity index (χ1n) is 6.86. The third-order valence-electron chi connectivity index (χ3n) is 3.81. The average Bonchev–Trinajstić information content (AvgIpc) is 3.25. The highest BCUT2D eigenvalue weighted by molar-refractivity contribution is 5.90. The van der Waals surface area contributed by atoms with Crippen molar-refractivity contribution < 1.29 is 9.59 Å². The molecule has 0 bridgehead atoms. The SMILES string of the molecule is O=C1CCN(Cc2ccccc2)C(=O)C(C2CC2)N1. The van der Waals surface area contributed by atoms with Crippen molar-refractivity contribution in [2.45, 2.75) is 31.8 Å². The lowest BCUT2D eigenvalue weighted by molar-refractivity contribution is -0.134. The van der Waals surface area contributed by atoms with Crippen LogP contribution in [0.15, 0.2) is 30.3 Å². The van der Waals surface area contributed by atoms with E-state index in [-0.39, 0.29) is 17.9 Å². The summed E-state index contributed by atoms with van der Waals surface area (Å²) >= 11 is 0. The van der Waals surface area contributed by atoms with Crippen LogP contribution in [-0.2, 0) is 16.1 Å². The van der Waals surface area contributed by atoms with Gasteiger partial charge in [0, 0.05) is 19.5 Å². The summed E-state index contributed by atoms with van der Waals surface area (Å²) in [6.07, 6.45) is 2.51. The molecule has 1 heterocycles. The Kier molecular flexibility index (Phi) is 3.23. The van der Waals surface area contributed by atoms with Crippen molar-refractivity contribution in [1.29, 1.82) is 0 Å². The number of carbonyl (C=O) groups is 2. The lowest BCUT2D eigenvalue weighted by Gasteiger charge is -2.24. The fraction of sp³-hybridized carbons (Fsp3) is 0.467. The molecule has 1 N–H and O–H groups in total. The van der Waals surface area contributed by atoms with Crippen LogP contribution >= 0.6 is 0 Å². The largest absolute Gasteiger partial charge is 0.344 e. The lowest BCUT2D eigenvalue weighted by Crippen LogP contribution is -2.45. The maximum absolute atomic E-state index is 12.5. The van der Waals surface area contributed by atoms with E-state index in [0.717, 1.165) is 18.4 Å². The second kappa shape index (κ2) is 5.03.